The molecular weight excluding hydrogens is 137 g/mol. The largest absolute Gasteiger partial charge is 0.269 e. The summed E-state index contributed by atoms with van der Waals surface area (Å²) in [5.74, 6) is 0.0610. The lowest BCUT2D eigenvalue weighted by atomic mass is 10.3. The Morgan fingerprint density at radius 1 is 1.25 bits per heavy atom. The first-order chi connectivity index (χ1) is 3.68. The van der Waals surface area contributed by atoms with Crippen molar-refractivity contribution in [3.8, 4) is 0 Å². The maximum Gasteiger partial charge on any atom is 0.269 e. The van der Waals surface area contributed by atoms with Crippen molar-refractivity contribution in [2.24, 2.45) is 0 Å². The molecule has 8 heavy (non-hydrogen) atoms. The SMILES string of the molecule is FC(F)C(F)CC[S]. The number of hydrogen-bond donors (Lipinski definition) is 0. The molecule has 0 rings (SSSR count). The van der Waals surface area contributed by atoms with E-state index in [0.717, 1.165) is 0 Å². The second-order valence-corrected chi connectivity index (χ2v) is 1.75. The summed E-state index contributed by atoms with van der Waals surface area (Å²) in [7, 11) is 0. The minimum absolute atomic E-state index is 0.0610. The van der Waals surface area contributed by atoms with Gasteiger partial charge in [0.2, 0.25) is 0 Å². The van der Waals surface area contributed by atoms with Gasteiger partial charge in [-0.05, 0) is 6.42 Å². The topological polar surface area (TPSA) is 0 Å². The Bertz CT molecular complexity index is 57.2. The van der Waals surface area contributed by atoms with Crippen LogP contribution in [0.25, 0.3) is 0 Å². The molecule has 1 radical (unpaired) electrons. The van der Waals surface area contributed by atoms with Gasteiger partial charge in [0.05, 0.1) is 0 Å². The average molecular weight is 143 g/mol. The smallest absolute Gasteiger partial charge is 0.241 e. The van der Waals surface area contributed by atoms with Crippen LogP contribution in [-0.4, -0.2) is 18.3 Å². The van der Waals surface area contributed by atoms with Gasteiger partial charge >= 0.3 is 0 Å². The van der Waals surface area contributed by atoms with E-state index in [1.54, 1.807) is 0 Å². The lowest BCUT2D eigenvalue weighted by molar-refractivity contribution is 0.0488. The van der Waals surface area contributed by atoms with Gasteiger partial charge in [0.25, 0.3) is 6.43 Å². The summed E-state index contributed by atoms with van der Waals surface area (Å²) in [6, 6.07) is 0. The summed E-state index contributed by atoms with van der Waals surface area (Å²) in [6.07, 6.45) is -5.10. The minimum Gasteiger partial charge on any atom is -0.241 e. The van der Waals surface area contributed by atoms with E-state index < -0.39 is 12.6 Å². The highest BCUT2D eigenvalue weighted by atomic mass is 32.1. The Morgan fingerprint density at radius 3 is 1.88 bits per heavy atom. The monoisotopic (exact) mass is 143 g/mol. The summed E-state index contributed by atoms with van der Waals surface area (Å²) in [4.78, 5) is 0. The molecule has 0 fully saturated rings. The quantitative estimate of drug-likeness (QED) is 0.568. The van der Waals surface area contributed by atoms with Crippen molar-refractivity contribution in [1.82, 2.24) is 0 Å². The van der Waals surface area contributed by atoms with Crippen molar-refractivity contribution in [3.05, 3.63) is 0 Å². The van der Waals surface area contributed by atoms with E-state index in [1.165, 1.54) is 0 Å². The van der Waals surface area contributed by atoms with Gasteiger partial charge in [0.15, 0.2) is 6.17 Å². The highest BCUT2D eigenvalue weighted by Crippen LogP contribution is 2.09. The van der Waals surface area contributed by atoms with Gasteiger partial charge in [-0.2, -0.15) is 0 Å². The third kappa shape index (κ3) is 3.18. The Morgan fingerprint density at radius 2 is 1.75 bits per heavy atom. The molecule has 0 heterocycles. The maximum atomic E-state index is 11.7. The maximum absolute atomic E-state index is 11.7. The van der Waals surface area contributed by atoms with Crippen LogP contribution in [0.4, 0.5) is 13.2 Å². The Hall–Kier alpha value is 0.140. The van der Waals surface area contributed by atoms with Crippen molar-refractivity contribution in [2.45, 2.75) is 19.0 Å². The molecule has 0 aromatic carbocycles. The molecule has 0 aromatic rings. The van der Waals surface area contributed by atoms with E-state index in [1.807, 2.05) is 0 Å². The van der Waals surface area contributed by atoms with E-state index in [0.29, 0.717) is 0 Å². The minimum atomic E-state index is -2.86. The highest BCUT2D eigenvalue weighted by Gasteiger charge is 2.17. The average Bonchev–Trinajstić information content (AvgIpc) is 1.67. The predicted octanol–water partition coefficient (Wildman–Crippen LogP) is 2.18. The molecule has 0 spiro atoms. The molecule has 0 aromatic heterocycles. The first-order valence-corrected chi connectivity index (χ1v) is 2.76. The molecule has 0 saturated heterocycles. The van der Waals surface area contributed by atoms with E-state index in [-0.39, 0.29) is 12.2 Å². The van der Waals surface area contributed by atoms with Gasteiger partial charge in [-0.15, -0.1) is 0 Å². The number of hydrogen-bond acceptors (Lipinski definition) is 0. The van der Waals surface area contributed by atoms with Gasteiger partial charge in [-0.1, -0.05) is 12.6 Å². The van der Waals surface area contributed by atoms with Crippen LogP contribution in [-0.2, 0) is 0 Å². The van der Waals surface area contributed by atoms with Crippen LogP contribution in [0.3, 0.4) is 0 Å². The second kappa shape index (κ2) is 4.06. The summed E-state index contributed by atoms with van der Waals surface area (Å²) in [6.45, 7) is 0. The zero-order valence-corrected chi connectivity index (χ0v) is 4.93. The van der Waals surface area contributed by atoms with E-state index in [4.69, 9.17) is 0 Å². The molecular formula is C4H6F3S. The van der Waals surface area contributed by atoms with E-state index in [2.05, 4.69) is 12.6 Å². The summed E-state index contributed by atoms with van der Waals surface area (Å²) in [5, 5.41) is 0. The van der Waals surface area contributed by atoms with Crippen LogP contribution in [0.5, 0.6) is 0 Å². The Kier molecular flexibility index (Phi) is 4.13. The summed E-state index contributed by atoms with van der Waals surface area (Å²) in [5.41, 5.74) is 0. The first-order valence-electron chi connectivity index (χ1n) is 2.18. The molecule has 49 valence electrons. The molecule has 1 unspecified atom stereocenters. The van der Waals surface area contributed by atoms with Gasteiger partial charge in [-0.3, -0.25) is 0 Å². The lowest BCUT2D eigenvalue weighted by Gasteiger charge is -2.01. The Labute approximate surface area is 51.5 Å². The van der Waals surface area contributed by atoms with Crippen molar-refractivity contribution < 1.29 is 13.2 Å². The van der Waals surface area contributed by atoms with Crippen molar-refractivity contribution in [3.63, 3.8) is 0 Å². The molecule has 4 heteroatoms. The molecule has 0 aliphatic heterocycles. The highest BCUT2D eigenvalue weighted by molar-refractivity contribution is 7.80. The van der Waals surface area contributed by atoms with Crippen LogP contribution in [0.1, 0.15) is 6.42 Å². The standard InChI is InChI=1S/C4H6F3S/c5-3(1-2-8)4(6)7/h3-4H,1-2H2. The lowest BCUT2D eigenvalue weighted by Crippen LogP contribution is -2.11. The van der Waals surface area contributed by atoms with Crippen molar-refractivity contribution >= 4 is 12.6 Å². The molecule has 1 atom stereocenters. The number of alkyl halides is 3. The van der Waals surface area contributed by atoms with Crippen LogP contribution in [0.2, 0.25) is 0 Å². The summed E-state index contributed by atoms with van der Waals surface area (Å²) >= 11 is 4.27. The number of halogens is 3. The fourth-order valence-electron chi connectivity index (χ4n) is 0.239. The second-order valence-electron chi connectivity index (χ2n) is 1.34. The molecule has 0 aliphatic rings. The molecule has 0 saturated carbocycles. The van der Waals surface area contributed by atoms with E-state index >= 15 is 0 Å². The van der Waals surface area contributed by atoms with Gasteiger partial charge in [-0.25, -0.2) is 13.2 Å². The number of rotatable bonds is 3. The first kappa shape index (κ1) is 8.14. The van der Waals surface area contributed by atoms with Gasteiger partial charge < -0.3 is 0 Å². The fourth-order valence-corrected chi connectivity index (χ4v) is 0.464. The Balaban J connectivity index is 3.17. The fraction of sp³-hybridized carbons (Fsp3) is 1.00. The molecule has 0 N–H and O–H groups in total. The zero-order chi connectivity index (χ0) is 6.57. The third-order valence-corrected chi connectivity index (χ3v) is 0.903. The van der Waals surface area contributed by atoms with Crippen LogP contribution < -0.4 is 0 Å². The molecule has 0 nitrogen and oxygen atoms in total. The molecule has 0 bridgehead atoms. The molecule has 0 aliphatic carbocycles. The molecule has 0 amide bonds. The van der Waals surface area contributed by atoms with E-state index in [9.17, 15) is 13.2 Å². The normalized spacial score (nSPS) is 14.6. The van der Waals surface area contributed by atoms with Crippen molar-refractivity contribution in [2.75, 3.05) is 5.75 Å². The third-order valence-electron chi connectivity index (χ3n) is 0.667. The predicted molar refractivity (Wildman–Crippen MR) is 28.0 cm³/mol. The summed E-state index contributed by atoms with van der Waals surface area (Å²) < 4.78 is 34.1. The van der Waals surface area contributed by atoms with Crippen LogP contribution in [0, 0.1) is 0 Å². The van der Waals surface area contributed by atoms with Gasteiger partial charge in [0, 0.05) is 5.75 Å². The van der Waals surface area contributed by atoms with Crippen LogP contribution in [0.15, 0.2) is 0 Å². The van der Waals surface area contributed by atoms with Gasteiger partial charge in [0.1, 0.15) is 0 Å². The zero-order valence-electron chi connectivity index (χ0n) is 4.11. The van der Waals surface area contributed by atoms with Crippen LogP contribution >= 0.6 is 12.6 Å². The van der Waals surface area contributed by atoms with Crippen molar-refractivity contribution in [1.29, 1.82) is 0 Å².